The van der Waals surface area contributed by atoms with E-state index in [2.05, 4.69) is 4.83 Å². The van der Waals surface area contributed by atoms with Gasteiger partial charge in [0.25, 0.3) is 0 Å². The van der Waals surface area contributed by atoms with Gasteiger partial charge in [0.1, 0.15) is 0 Å². The number of rotatable bonds is 4. The zero-order chi connectivity index (χ0) is 14.8. The van der Waals surface area contributed by atoms with Crippen LogP contribution in [0, 0.1) is 0 Å². The molecule has 0 saturated heterocycles. The van der Waals surface area contributed by atoms with Crippen molar-refractivity contribution in [3.8, 4) is 0 Å². The molecule has 0 unspecified atom stereocenters. The summed E-state index contributed by atoms with van der Waals surface area (Å²) in [6.45, 7) is 1.94. The first kappa shape index (κ1) is 17.6. The quantitative estimate of drug-likeness (QED) is 0.533. The van der Waals surface area contributed by atoms with Gasteiger partial charge >= 0.3 is 10.0 Å². The Morgan fingerprint density at radius 2 is 2.00 bits per heavy atom. The number of nitrogens with one attached hydrogen (secondary N) is 1. The lowest BCUT2D eigenvalue weighted by molar-refractivity contribution is -0.644. The highest BCUT2D eigenvalue weighted by molar-refractivity contribution is 7.92. The maximum Gasteiger partial charge on any atom is 0.306 e. The highest BCUT2D eigenvalue weighted by Crippen LogP contribution is 2.22. The molecule has 1 aromatic heterocycles. The maximum absolute atomic E-state index is 12.3. The third-order valence-corrected chi connectivity index (χ3v) is 4.45. The summed E-state index contributed by atoms with van der Waals surface area (Å²) in [6.07, 6.45) is 2.35. The van der Waals surface area contributed by atoms with E-state index in [9.17, 15) is 8.42 Å². The third kappa shape index (κ3) is 4.00. The molecule has 0 amide bonds. The molecular weight excluding hydrogens is 333 g/mol. The van der Waals surface area contributed by atoms with Crippen molar-refractivity contribution in [3.05, 3.63) is 53.3 Å². The van der Waals surface area contributed by atoms with Crippen LogP contribution in [0.5, 0.6) is 0 Å². The number of sulfonamides is 1. The van der Waals surface area contributed by atoms with E-state index in [1.54, 1.807) is 12.3 Å². The standard InChI is InChI=1S/C13H15ClN3O2S.ClH/c1-2-10-5-3-4-8-17(10)16-20(18,19)11-6-7-13(15)12(14)9-11;/h3-9,16H,2,15H2,1H3;1H/q+1;/p-1. The van der Waals surface area contributed by atoms with Crippen LogP contribution in [0.15, 0.2) is 47.5 Å². The van der Waals surface area contributed by atoms with Crippen molar-refractivity contribution in [3.63, 3.8) is 0 Å². The van der Waals surface area contributed by atoms with E-state index < -0.39 is 10.0 Å². The topological polar surface area (TPSA) is 76.1 Å². The van der Waals surface area contributed by atoms with Crippen LogP contribution in [0.1, 0.15) is 12.6 Å². The van der Waals surface area contributed by atoms with Gasteiger partial charge in [-0.1, -0.05) is 28.0 Å². The zero-order valence-electron chi connectivity index (χ0n) is 11.3. The third-order valence-electron chi connectivity index (χ3n) is 2.81. The first-order valence-electron chi connectivity index (χ1n) is 6.01. The molecule has 0 aliphatic carbocycles. The molecule has 21 heavy (non-hydrogen) atoms. The van der Waals surface area contributed by atoms with Crippen molar-refractivity contribution in [2.24, 2.45) is 0 Å². The second-order valence-electron chi connectivity index (χ2n) is 4.19. The summed E-state index contributed by atoms with van der Waals surface area (Å²) < 4.78 is 26.1. The number of benzene rings is 1. The Hall–Kier alpha value is -1.50. The van der Waals surface area contributed by atoms with Gasteiger partial charge in [-0.25, -0.2) is 0 Å². The fourth-order valence-electron chi connectivity index (χ4n) is 1.71. The fourth-order valence-corrected chi connectivity index (χ4v) is 3.02. The number of aryl methyl sites for hydroxylation is 1. The molecule has 3 N–H and O–H groups in total. The molecule has 5 nitrogen and oxygen atoms in total. The Bertz CT molecular complexity index is 736. The predicted molar refractivity (Wildman–Crippen MR) is 78.4 cm³/mol. The average molecular weight is 348 g/mol. The summed E-state index contributed by atoms with van der Waals surface area (Å²) >= 11 is 5.86. The molecule has 8 heteroatoms. The molecule has 0 bridgehead atoms. The van der Waals surface area contributed by atoms with Crippen molar-refractivity contribution in [1.29, 1.82) is 0 Å². The van der Waals surface area contributed by atoms with E-state index in [0.717, 1.165) is 5.69 Å². The lowest BCUT2D eigenvalue weighted by atomic mass is 10.3. The van der Waals surface area contributed by atoms with Gasteiger partial charge in [0.15, 0.2) is 0 Å². The highest BCUT2D eigenvalue weighted by Gasteiger charge is 2.21. The molecule has 1 aromatic carbocycles. The van der Waals surface area contributed by atoms with Crippen LogP contribution in [0.2, 0.25) is 5.02 Å². The minimum Gasteiger partial charge on any atom is -1.00 e. The highest BCUT2D eigenvalue weighted by atomic mass is 35.5. The molecule has 0 fully saturated rings. The normalized spacial score (nSPS) is 10.8. The predicted octanol–water partition coefficient (Wildman–Crippen LogP) is -1.29. The van der Waals surface area contributed by atoms with Gasteiger partial charge in [0.05, 0.1) is 15.6 Å². The Morgan fingerprint density at radius 3 is 2.62 bits per heavy atom. The lowest BCUT2D eigenvalue weighted by Gasteiger charge is -2.06. The summed E-state index contributed by atoms with van der Waals surface area (Å²) in [7, 11) is -3.71. The summed E-state index contributed by atoms with van der Waals surface area (Å²) in [5.41, 5.74) is 6.76. The number of hydrogen-bond acceptors (Lipinski definition) is 3. The van der Waals surface area contributed by atoms with Gasteiger partial charge in [0, 0.05) is 18.6 Å². The number of nitrogens with zero attached hydrogens (tertiary/aromatic N) is 1. The fraction of sp³-hybridized carbons (Fsp3) is 0.154. The van der Waals surface area contributed by atoms with Gasteiger partial charge in [0.2, 0.25) is 11.9 Å². The van der Waals surface area contributed by atoms with E-state index in [4.69, 9.17) is 17.3 Å². The van der Waals surface area contributed by atoms with Crippen molar-refractivity contribution in [2.45, 2.75) is 18.2 Å². The molecule has 0 saturated carbocycles. The Morgan fingerprint density at radius 1 is 1.29 bits per heavy atom. The minimum atomic E-state index is -3.71. The molecular formula is C13H15Cl2N3O2S. The Labute approximate surface area is 135 Å². The molecule has 0 aliphatic rings. The monoisotopic (exact) mass is 347 g/mol. The van der Waals surface area contributed by atoms with E-state index in [1.165, 1.54) is 22.9 Å². The summed E-state index contributed by atoms with van der Waals surface area (Å²) in [5, 5.41) is 0.210. The van der Waals surface area contributed by atoms with Gasteiger partial charge < -0.3 is 18.1 Å². The van der Waals surface area contributed by atoms with Crippen molar-refractivity contribution < 1.29 is 25.5 Å². The molecule has 0 aliphatic heterocycles. The molecule has 0 atom stereocenters. The number of pyridine rings is 1. The van der Waals surface area contributed by atoms with Crippen LogP contribution in [0.25, 0.3) is 0 Å². The molecule has 114 valence electrons. The number of hydrogen-bond donors (Lipinski definition) is 2. The molecule has 2 aromatic rings. The van der Waals surface area contributed by atoms with Crippen LogP contribution in [0.4, 0.5) is 5.69 Å². The van der Waals surface area contributed by atoms with Gasteiger partial charge in [-0.3, -0.25) is 0 Å². The van der Waals surface area contributed by atoms with Gasteiger partial charge in [-0.15, -0.1) is 0 Å². The average Bonchev–Trinajstić information content (AvgIpc) is 2.42. The largest absolute Gasteiger partial charge is 1.00 e. The Balaban J connectivity index is 0.00000220. The van der Waals surface area contributed by atoms with Gasteiger partial charge in [-0.05, 0) is 24.3 Å². The first-order chi connectivity index (χ1) is 9.44. The molecule has 1 heterocycles. The number of aromatic nitrogens is 1. The van der Waals surface area contributed by atoms with E-state index >= 15 is 0 Å². The summed E-state index contributed by atoms with van der Waals surface area (Å²) in [6, 6.07) is 9.65. The summed E-state index contributed by atoms with van der Waals surface area (Å²) in [4.78, 5) is 2.56. The summed E-state index contributed by atoms with van der Waals surface area (Å²) in [5.74, 6) is 0. The number of halogens is 2. The van der Waals surface area contributed by atoms with Crippen molar-refractivity contribution >= 4 is 27.3 Å². The van der Waals surface area contributed by atoms with Crippen molar-refractivity contribution in [2.75, 3.05) is 10.6 Å². The van der Waals surface area contributed by atoms with E-state index in [0.29, 0.717) is 12.1 Å². The smallest absolute Gasteiger partial charge is 0.306 e. The molecule has 0 spiro atoms. The zero-order valence-corrected chi connectivity index (χ0v) is 13.6. The second-order valence-corrected chi connectivity index (χ2v) is 6.26. The van der Waals surface area contributed by atoms with Gasteiger partial charge in [-0.2, -0.15) is 8.42 Å². The first-order valence-corrected chi connectivity index (χ1v) is 7.87. The maximum atomic E-state index is 12.3. The Kier molecular flexibility index (Phi) is 5.83. The number of nitrogens with two attached hydrogens (primary N) is 1. The lowest BCUT2D eigenvalue weighted by Crippen LogP contribution is -3.00. The number of anilines is 1. The molecule has 0 radical (unpaired) electrons. The number of nitrogen functional groups attached to an aromatic ring is 1. The second kappa shape index (κ2) is 6.98. The van der Waals surface area contributed by atoms with E-state index in [-0.39, 0.29) is 22.3 Å². The molecule has 2 rings (SSSR count). The van der Waals surface area contributed by atoms with Crippen LogP contribution in [-0.2, 0) is 16.4 Å². The van der Waals surface area contributed by atoms with Crippen LogP contribution in [0.3, 0.4) is 0 Å². The van der Waals surface area contributed by atoms with Crippen LogP contribution in [-0.4, -0.2) is 8.42 Å². The SMILES string of the molecule is CCc1cccc[n+]1NS(=O)(=O)c1ccc(N)c(Cl)c1.[Cl-]. The van der Waals surface area contributed by atoms with Crippen LogP contribution >= 0.6 is 11.6 Å². The minimum absolute atomic E-state index is 0. The van der Waals surface area contributed by atoms with E-state index in [1.807, 2.05) is 19.1 Å². The van der Waals surface area contributed by atoms with Crippen molar-refractivity contribution in [1.82, 2.24) is 0 Å². The van der Waals surface area contributed by atoms with Crippen LogP contribution < -0.4 is 27.6 Å².